The summed E-state index contributed by atoms with van der Waals surface area (Å²) in [6, 6.07) is 14.4. The SMILES string of the molecule is O=C(Cn1cncn1)N(Cc1ccccc1)c1nc2c(F)cccc2s1. The number of para-hydroxylation sites is 1. The predicted octanol–water partition coefficient (Wildman–Crippen LogP) is 3.26. The van der Waals surface area contributed by atoms with E-state index in [1.165, 1.54) is 34.7 Å². The Balaban J connectivity index is 1.70. The van der Waals surface area contributed by atoms with E-state index in [1.54, 1.807) is 17.0 Å². The van der Waals surface area contributed by atoms with Gasteiger partial charge in [0.25, 0.3) is 5.91 Å². The summed E-state index contributed by atoms with van der Waals surface area (Å²) in [7, 11) is 0. The molecule has 0 saturated carbocycles. The van der Waals surface area contributed by atoms with Gasteiger partial charge in [-0.05, 0) is 17.7 Å². The highest BCUT2D eigenvalue weighted by molar-refractivity contribution is 7.22. The predicted molar refractivity (Wildman–Crippen MR) is 97.2 cm³/mol. The third kappa shape index (κ3) is 3.31. The molecular weight excluding hydrogens is 353 g/mol. The number of thiazole rings is 1. The Morgan fingerprint density at radius 2 is 2.00 bits per heavy atom. The molecule has 2 aromatic heterocycles. The van der Waals surface area contributed by atoms with Gasteiger partial charge in [0.15, 0.2) is 5.13 Å². The summed E-state index contributed by atoms with van der Waals surface area (Å²) in [5.74, 6) is -0.591. The fourth-order valence-corrected chi connectivity index (χ4v) is 3.58. The molecule has 0 aliphatic rings. The molecule has 2 heterocycles. The first kappa shape index (κ1) is 16.3. The maximum absolute atomic E-state index is 14.0. The largest absolute Gasteiger partial charge is 0.282 e. The van der Waals surface area contributed by atoms with E-state index in [9.17, 15) is 9.18 Å². The molecule has 0 N–H and O–H groups in total. The number of hydrogen-bond acceptors (Lipinski definition) is 5. The highest BCUT2D eigenvalue weighted by Crippen LogP contribution is 2.31. The quantitative estimate of drug-likeness (QED) is 0.543. The van der Waals surface area contributed by atoms with Crippen molar-refractivity contribution in [3.05, 3.63) is 72.6 Å². The molecule has 0 atom stereocenters. The first-order valence-corrected chi connectivity index (χ1v) is 8.74. The van der Waals surface area contributed by atoms with Crippen LogP contribution in [0.3, 0.4) is 0 Å². The van der Waals surface area contributed by atoms with Gasteiger partial charge in [0.2, 0.25) is 0 Å². The molecule has 0 aliphatic carbocycles. The summed E-state index contributed by atoms with van der Waals surface area (Å²) < 4.78 is 16.2. The number of aromatic nitrogens is 4. The number of halogens is 1. The Morgan fingerprint density at radius 3 is 2.73 bits per heavy atom. The van der Waals surface area contributed by atoms with Gasteiger partial charge in [-0.25, -0.2) is 19.0 Å². The van der Waals surface area contributed by atoms with Crippen LogP contribution >= 0.6 is 11.3 Å². The van der Waals surface area contributed by atoms with E-state index in [-0.39, 0.29) is 18.0 Å². The van der Waals surface area contributed by atoms with E-state index < -0.39 is 5.82 Å². The first-order valence-electron chi connectivity index (χ1n) is 7.92. The summed E-state index contributed by atoms with van der Waals surface area (Å²) in [4.78, 5) is 22.7. The van der Waals surface area contributed by atoms with Crippen molar-refractivity contribution in [2.24, 2.45) is 0 Å². The average Bonchev–Trinajstić information content (AvgIpc) is 3.30. The Bertz CT molecular complexity index is 1030. The smallest absolute Gasteiger partial charge is 0.250 e. The molecule has 0 unspecified atom stereocenters. The number of amides is 1. The molecule has 130 valence electrons. The Hall–Kier alpha value is -3.13. The standard InChI is InChI=1S/C18H14FN5OS/c19-14-7-4-8-15-17(14)22-18(26-15)24(9-13-5-2-1-3-6-13)16(25)10-23-12-20-11-21-23/h1-8,11-12H,9-10H2. The molecule has 0 spiro atoms. The second-order valence-electron chi connectivity index (χ2n) is 5.64. The Kier molecular flexibility index (Phi) is 4.40. The summed E-state index contributed by atoms with van der Waals surface area (Å²) in [6.07, 6.45) is 2.86. The molecular formula is C18H14FN5OS. The van der Waals surface area contributed by atoms with Gasteiger partial charge in [-0.3, -0.25) is 9.69 Å². The first-order chi connectivity index (χ1) is 12.7. The monoisotopic (exact) mass is 367 g/mol. The third-order valence-electron chi connectivity index (χ3n) is 3.84. The van der Waals surface area contributed by atoms with Crippen molar-refractivity contribution in [2.45, 2.75) is 13.1 Å². The van der Waals surface area contributed by atoms with Crippen molar-refractivity contribution in [1.82, 2.24) is 19.7 Å². The number of benzene rings is 2. The van der Waals surface area contributed by atoms with Crippen LogP contribution in [0, 0.1) is 5.82 Å². The van der Waals surface area contributed by atoms with Crippen LogP contribution in [0.1, 0.15) is 5.56 Å². The van der Waals surface area contributed by atoms with Crippen LogP contribution in [0.2, 0.25) is 0 Å². The second-order valence-corrected chi connectivity index (χ2v) is 6.65. The fraction of sp³-hybridized carbons (Fsp3) is 0.111. The van der Waals surface area contributed by atoms with Crippen LogP contribution < -0.4 is 4.90 Å². The normalized spacial score (nSPS) is 11.0. The van der Waals surface area contributed by atoms with Gasteiger partial charge in [-0.15, -0.1) is 0 Å². The van der Waals surface area contributed by atoms with Gasteiger partial charge in [0.05, 0.1) is 11.2 Å². The maximum Gasteiger partial charge on any atom is 0.250 e. The van der Waals surface area contributed by atoms with Crippen LogP contribution in [-0.2, 0) is 17.9 Å². The van der Waals surface area contributed by atoms with E-state index in [4.69, 9.17) is 0 Å². The molecule has 8 heteroatoms. The van der Waals surface area contributed by atoms with Gasteiger partial charge >= 0.3 is 0 Å². The van der Waals surface area contributed by atoms with Crippen molar-refractivity contribution < 1.29 is 9.18 Å². The van der Waals surface area contributed by atoms with E-state index in [1.807, 2.05) is 30.3 Å². The maximum atomic E-state index is 14.0. The van der Waals surface area contributed by atoms with E-state index in [0.29, 0.717) is 16.4 Å². The highest BCUT2D eigenvalue weighted by Gasteiger charge is 2.21. The lowest BCUT2D eigenvalue weighted by molar-refractivity contribution is -0.119. The van der Waals surface area contributed by atoms with Gasteiger partial charge in [-0.1, -0.05) is 47.7 Å². The number of fused-ring (bicyclic) bond motifs is 1. The van der Waals surface area contributed by atoms with Gasteiger partial charge in [0, 0.05) is 0 Å². The third-order valence-corrected chi connectivity index (χ3v) is 4.88. The van der Waals surface area contributed by atoms with E-state index in [2.05, 4.69) is 15.1 Å². The van der Waals surface area contributed by atoms with Gasteiger partial charge < -0.3 is 0 Å². The number of anilines is 1. The zero-order chi connectivity index (χ0) is 17.9. The molecule has 0 aliphatic heterocycles. The van der Waals surface area contributed by atoms with Crippen molar-refractivity contribution >= 4 is 32.6 Å². The molecule has 0 fully saturated rings. The minimum atomic E-state index is -0.395. The zero-order valence-corrected chi connectivity index (χ0v) is 14.4. The highest BCUT2D eigenvalue weighted by atomic mass is 32.1. The lowest BCUT2D eigenvalue weighted by Crippen LogP contribution is -2.33. The Morgan fingerprint density at radius 1 is 1.15 bits per heavy atom. The van der Waals surface area contributed by atoms with Crippen LogP contribution in [0.25, 0.3) is 10.2 Å². The van der Waals surface area contributed by atoms with Gasteiger partial charge in [-0.2, -0.15) is 5.10 Å². The summed E-state index contributed by atoms with van der Waals surface area (Å²) in [5, 5.41) is 4.43. The van der Waals surface area contributed by atoms with Crippen LogP contribution in [0.5, 0.6) is 0 Å². The van der Waals surface area contributed by atoms with Crippen molar-refractivity contribution in [3.8, 4) is 0 Å². The van der Waals surface area contributed by atoms with Crippen molar-refractivity contribution in [2.75, 3.05) is 4.90 Å². The van der Waals surface area contributed by atoms with Crippen LogP contribution in [0.4, 0.5) is 9.52 Å². The zero-order valence-electron chi connectivity index (χ0n) is 13.6. The number of rotatable bonds is 5. The van der Waals surface area contributed by atoms with E-state index in [0.717, 1.165) is 5.56 Å². The number of nitrogens with zero attached hydrogens (tertiary/aromatic N) is 5. The fourth-order valence-electron chi connectivity index (χ4n) is 2.59. The molecule has 26 heavy (non-hydrogen) atoms. The van der Waals surface area contributed by atoms with Crippen molar-refractivity contribution in [1.29, 1.82) is 0 Å². The molecule has 0 radical (unpaired) electrons. The van der Waals surface area contributed by atoms with E-state index >= 15 is 0 Å². The number of carbonyl (C=O) groups excluding carboxylic acids is 1. The molecule has 0 saturated heterocycles. The van der Waals surface area contributed by atoms with Crippen LogP contribution in [-0.4, -0.2) is 25.7 Å². The molecule has 1 amide bonds. The summed E-state index contributed by atoms with van der Waals surface area (Å²) >= 11 is 1.29. The van der Waals surface area contributed by atoms with Crippen molar-refractivity contribution in [3.63, 3.8) is 0 Å². The lowest BCUT2D eigenvalue weighted by atomic mass is 10.2. The summed E-state index contributed by atoms with van der Waals surface area (Å²) in [6.45, 7) is 0.376. The minimum absolute atomic E-state index is 0.0330. The average molecular weight is 367 g/mol. The van der Waals surface area contributed by atoms with Crippen LogP contribution in [0.15, 0.2) is 61.2 Å². The van der Waals surface area contributed by atoms with Gasteiger partial charge in [0.1, 0.15) is 30.5 Å². The second kappa shape index (κ2) is 7.01. The molecule has 0 bridgehead atoms. The minimum Gasteiger partial charge on any atom is -0.282 e. The molecule has 6 nitrogen and oxygen atoms in total. The number of carbonyl (C=O) groups is 1. The lowest BCUT2D eigenvalue weighted by Gasteiger charge is -2.20. The Labute approximate surface area is 152 Å². The summed E-state index contributed by atoms with van der Waals surface area (Å²) in [5.41, 5.74) is 1.23. The molecule has 4 aromatic rings. The molecule has 4 rings (SSSR count). The topological polar surface area (TPSA) is 63.9 Å². The molecule has 2 aromatic carbocycles. The number of hydrogen-bond donors (Lipinski definition) is 0.